The van der Waals surface area contributed by atoms with Gasteiger partial charge in [0.15, 0.2) is 0 Å². The summed E-state index contributed by atoms with van der Waals surface area (Å²) in [6.07, 6.45) is 3.67. The number of benzene rings is 2. The molecule has 2 aromatic rings. The number of carbonyl (C=O) groups is 2. The van der Waals surface area contributed by atoms with E-state index in [2.05, 4.69) is 21.1 Å². The molecule has 1 fully saturated rings. The molecule has 0 saturated heterocycles. The van der Waals surface area contributed by atoms with E-state index >= 15 is 0 Å². The summed E-state index contributed by atoms with van der Waals surface area (Å²) in [7, 11) is 7.89. The maximum absolute atomic E-state index is 12.2. The molecule has 2 amide bonds. The van der Waals surface area contributed by atoms with Crippen LogP contribution in [0, 0.1) is 11.8 Å². The van der Waals surface area contributed by atoms with Gasteiger partial charge in [-0.05, 0) is 41.8 Å². The van der Waals surface area contributed by atoms with Gasteiger partial charge in [0, 0.05) is 39.6 Å². The van der Waals surface area contributed by atoms with E-state index in [-0.39, 0.29) is 23.7 Å². The monoisotopic (exact) mass is 420 g/mol. The van der Waals surface area contributed by atoms with Gasteiger partial charge < -0.3 is 9.80 Å². The van der Waals surface area contributed by atoms with Gasteiger partial charge in [-0.25, -0.2) is 10.9 Å². The Kier molecular flexibility index (Phi) is 7.02. The first-order chi connectivity index (χ1) is 14.8. The van der Waals surface area contributed by atoms with Crippen molar-refractivity contribution >= 4 is 35.6 Å². The number of hydrogen-bond donors (Lipinski definition) is 2. The summed E-state index contributed by atoms with van der Waals surface area (Å²) in [5.74, 6) is -1.26. The van der Waals surface area contributed by atoms with Crippen LogP contribution in [0.15, 0.2) is 58.7 Å². The molecule has 2 aromatic carbocycles. The van der Waals surface area contributed by atoms with Gasteiger partial charge in [0.05, 0.1) is 24.3 Å². The van der Waals surface area contributed by atoms with E-state index < -0.39 is 0 Å². The first kappa shape index (κ1) is 22.0. The van der Waals surface area contributed by atoms with Gasteiger partial charge in [-0.3, -0.25) is 9.59 Å². The molecule has 8 nitrogen and oxygen atoms in total. The SMILES string of the molecule is CN(C)c1ccc(C=NNC(=O)[C@H]2C[C@H]2C(=O)NN=Cc2ccc(N(C)C)cc2)cc1. The molecule has 0 heterocycles. The standard InChI is InChI=1S/C23H28N6O2/c1-28(2)18-9-5-16(6-10-18)14-24-26-22(30)20-13-21(20)23(31)27-25-15-17-7-11-19(12-8-17)29(3)4/h5-12,14-15,20-21H,13H2,1-4H3,(H,26,30)(H,27,31)/t20-,21+. The van der Waals surface area contributed by atoms with Crippen molar-refractivity contribution in [3.05, 3.63) is 59.7 Å². The van der Waals surface area contributed by atoms with Gasteiger partial charge in [-0.2, -0.15) is 10.2 Å². The number of rotatable bonds is 8. The van der Waals surface area contributed by atoms with E-state index in [0.717, 1.165) is 22.5 Å². The molecule has 31 heavy (non-hydrogen) atoms. The van der Waals surface area contributed by atoms with Crippen LogP contribution in [0.25, 0.3) is 0 Å². The second-order valence-electron chi connectivity index (χ2n) is 7.89. The fourth-order valence-electron chi connectivity index (χ4n) is 3.00. The minimum atomic E-state index is -0.372. The largest absolute Gasteiger partial charge is 0.378 e. The van der Waals surface area contributed by atoms with E-state index in [0.29, 0.717) is 6.42 Å². The Morgan fingerprint density at radius 2 is 1.10 bits per heavy atom. The summed E-state index contributed by atoms with van der Waals surface area (Å²) in [6.45, 7) is 0. The van der Waals surface area contributed by atoms with Crippen molar-refractivity contribution in [1.29, 1.82) is 0 Å². The number of nitrogens with one attached hydrogen (secondary N) is 2. The van der Waals surface area contributed by atoms with Crippen molar-refractivity contribution in [2.75, 3.05) is 38.0 Å². The van der Waals surface area contributed by atoms with Crippen LogP contribution in [0.5, 0.6) is 0 Å². The van der Waals surface area contributed by atoms with Crippen LogP contribution < -0.4 is 20.7 Å². The van der Waals surface area contributed by atoms with Crippen LogP contribution in [-0.4, -0.2) is 52.4 Å². The molecular weight excluding hydrogens is 392 g/mol. The zero-order chi connectivity index (χ0) is 22.4. The topological polar surface area (TPSA) is 89.4 Å². The maximum Gasteiger partial charge on any atom is 0.244 e. The molecule has 0 unspecified atom stereocenters. The van der Waals surface area contributed by atoms with E-state index in [9.17, 15) is 9.59 Å². The third-order valence-electron chi connectivity index (χ3n) is 5.06. The maximum atomic E-state index is 12.2. The first-order valence-electron chi connectivity index (χ1n) is 10.1. The molecule has 162 valence electrons. The second-order valence-corrected chi connectivity index (χ2v) is 7.89. The zero-order valence-corrected chi connectivity index (χ0v) is 18.2. The molecule has 8 heteroatoms. The van der Waals surface area contributed by atoms with Crippen molar-refractivity contribution in [3.63, 3.8) is 0 Å². The Labute approximate surface area is 182 Å². The number of hydrogen-bond acceptors (Lipinski definition) is 6. The summed E-state index contributed by atoms with van der Waals surface area (Å²) < 4.78 is 0. The Morgan fingerprint density at radius 3 is 1.42 bits per heavy atom. The van der Waals surface area contributed by atoms with Gasteiger partial charge in [0.25, 0.3) is 0 Å². The lowest BCUT2D eigenvalue weighted by Crippen LogP contribution is -2.25. The van der Waals surface area contributed by atoms with Crippen LogP contribution in [0.1, 0.15) is 17.5 Å². The fraction of sp³-hybridized carbons (Fsp3) is 0.304. The molecule has 2 atom stereocenters. The smallest absolute Gasteiger partial charge is 0.244 e. The highest BCUT2D eigenvalue weighted by Crippen LogP contribution is 2.38. The quantitative estimate of drug-likeness (QED) is 0.505. The molecule has 0 spiro atoms. The second kappa shape index (κ2) is 9.88. The predicted octanol–water partition coefficient (Wildman–Crippen LogP) is 2.06. The van der Waals surface area contributed by atoms with E-state index in [4.69, 9.17) is 0 Å². The summed E-state index contributed by atoms with van der Waals surface area (Å²) in [5.41, 5.74) is 8.94. The van der Waals surface area contributed by atoms with Crippen molar-refractivity contribution in [2.45, 2.75) is 6.42 Å². The summed E-state index contributed by atoms with van der Waals surface area (Å²) in [5, 5.41) is 7.98. The van der Waals surface area contributed by atoms with E-state index in [1.807, 2.05) is 86.5 Å². The van der Waals surface area contributed by atoms with Gasteiger partial charge in [0.1, 0.15) is 0 Å². The number of carbonyl (C=O) groups excluding carboxylic acids is 2. The molecule has 3 rings (SSSR count). The number of anilines is 2. The van der Waals surface area contributed by atoms with Gasteiger partial charge in [-0.15, -0.1) is 0 Å². The normalized spacial score (nSPS) is 17.5. The first-order valence-corrected chi connectivity index (χ1v) is 10.1. The molecule has 1 aliphatic carbocycles. The fourth-order valence-corrected chi connectivity index (χ4v) is 3.00. The summed E-state index contributed by atoms with van der Waals surface area (Å²) in [4.78, 5) is 28.4. The van der Waals surface area contributed by atoms with Gasteiger partial charge >= 0.3 is 0 Å². The number of nitrogens with zero attached hydrogens (tertiary/aromatic N) is 4. The number of hydrazone groups is 2. The Balaban J connectivity index is 1.42. The van der Waals surface area contributed by atoms with Crippen LogP contribution in [0.2, 0.25) is 0 Å². The van der Waals surface area contributed by atoms with Crippen LogP contribution in [0.4, 0.5) is 11.4 Å². The van der Waals surface area contributed by atoms with Crippen molar-refractivity contribution < 1.29 is 9.59 Å². The highest BCUT2D eigenvalue weighted by molar-refractivity contribution is 5.93. The summed E-state index contributed by atoms with van der Waals surface area (Å²) >= 11 is 0. The molecule has 0 aliphatic heterocycles. The molecule has 1 aliphatic rings. The van der Waals surface area contributed by atoms with Crippen molar-refractivity contribution in [2.24, 2.45) is 22.0 Å². The lowest BCUT2D eigenvalue weighted by Gasteiger charge is -2.11. The van der Waals surface area contributed by atoms with Crippen molar-refractivity contribution in [1.82, 2.24) is 10.9 Å². The Morgan fingerprint density at radius 1 is 0.742 bits per heavy atom. The van der Waals surface area contributed by atoms with Crippen molar-refractivity contribution in [3.8, 4) is 0 Å². The van der Waals surface area contributed by atoms with E-state index in [1.54, 1.807) is 12.4 Å². The highest BCUT2D eigenvalue weighted by atomic mass is 16.2. The molecule has 2 N–H and O–H groups in total. The van der Waals surface area contributed by atoms with Crippen LogP contribution in [0.3, 0.4) is 0 Å². The minimum Gasteiger partial charge on any atom is -0.378 e. The molecule has 0 radical (unpaired) electrons. The lowest BCUT2D eigenvalue weighted by molar-refractivity contribution is -0.127. The molecular formula is C23H28N6O2. The zero-order valence-electron chi connectivity index (χ0n) is 18.2. The third-order valence-corrected chi connectivity index (χ3v) is 5.06. The molecule has 0 bridgehead atoms. The van der Waals surface area contributed by atoms with E-state index in [1.165, 1.54) is 0 Å². The average Bonchev–Trinajstić information content (AvgIpc) is 3.55. The van der Waals surface area contributed by atoms with Gasteiger partial charge in [0.2, 0.25) is 11.8 Å². The van der Waals surface area contributed by atoms with Gasteiger partial charge in [-0.1, -0.05) is 24.3 Å². The predicted molar refractivity (Wildman–Crippen MR) is 125 cm³/mol. The average molecular weight is 421 g/mol. The Hall–Kier alpha value is -3.68. The Bertz CT molecular complexity index is 885. The van der Waals surface area contributed by atoms with Crippen LogP contribution in [-0.2, 0) is 9.59 Å². The summed E-state index contributed by atoms with van der Waals surface area (Å²) in [6, 6.07) is 15.6. The minimum absolute atomic E-state index is 0.260. The molecule has 1 saturated carbocycles. The lowest BCUT2D eigenvalue weighted by atomic mass is 10.2. The van der Waals surface area contributed by atoms with Crippen LogP contribution >= 0.6 is 0 Å². The highest BCUT2D eigenvalue weighted by Gasteiger charge is 2.48. The third kappa shape index (κ3) is 6.15. The number of amides is 2. The molecule has 0 aromatic heterocycles.